The third kappa shape index (κ3) is 3.61. The van der Waals surface area contributed by atoms with E-state index >= 15 is 0 Å². The van der Waals surface area contributed by atoms with Gasteiger partial charge in [-0.2, -0.15) is 4.98 Å². The first kappa shape index (κ1) is 16.1. The van der Waals surface area contributed by atoms with Gasteiger partial charge in [0.15, 0.2) is 0 Å². The maximum absolute atomic E-state index is 11.9. The molecule has 7 heteroatoms. The van der Waals surface area contributed by atoms with E-state index in [1.807, 2.05) is 29.3 Å². The van der Waals surface area contributed by atoms with Crippen LogP contribution in [0.3, 0.4) is 0 Å². The van der Waals surface area contributed by atoms with Crippen LogP contribution < -0.4 is 0 Å². The second kappa shape index (κ2) is 7.23. The number of thiophene rings is 1. The lowest BCUT2D eigenvalue weighted by Gasteiger charge is -2.25. The van der Waals surface area contributed by atoms with Gasteiger partial charge in [0.05, 0.1) is 10.9 Å². The van der Waals surface area contributed by atoms with Crippen LogP contribution in [0.2, 0.25) is 0 Å². The number of carbonyl (C=O) groups is 1. The van der Waals surface area contributed by atoms with Crippen LogP contribution in [0.4, 0.5) is 0 Å². The van der Waals surface area contributed by atoms with E-state index in [0.29, 0.717) is 18.1 Å². The van der Waals surface area contributed by atoms with Crippen molar-refractivity contribution < 1.29 is 9.32 Å². The van der Waals surface area contributed by atoms with Gasteiger partial charge in [-0.3, -0.25) is 9.69 Å². The van der Waals surface area contributed by atoms with Crippen LogP contribution in [0.1, 0.15) is 38.6 Å². The summed E-state index contributed by atoms with van der Waals surface area (Å²) in [4.78, 5) is 21.7. The van der Waals surface area contributed by atoms with Crippen molar-refractivity contribution in [2.75, 3.05) is 26.2 Å². The van der Waals surface area contributed by atoms with Gasteiger partial charge in [0.2, 0.25) is 17.6 Å². The third-order valence-electron chi connectivity index (χ3n) is 4.27. The van der Waals surface area contributed by atoms with E-state index in [1.165, 1.54) is 0 Å². The Labute approximate surface area is 140 Å². The molecule has 1 saturated heterocycles. The van der Waals surface area contributed by atoms with Crippen LogP contribution in [0, 0.1) is 0 Å². The zero-order chi connectivity index (χ0) is 16.2. The highest BCUT2D eigenvalue weighted by Crippen LogP contribution is 2.25. The lowest BCUT2D eigenvalue weighted by Crippen LogP contribution is -2.35. The molecule has 0 spiro atoms. The summed E-state index contributed by atoms with van der Waals surface area (Å²) in [5.41, 5.74) is 0. The summed E-state index contributed by atoms with van der Waals surface area (Å²) in [5, 5.41) is 6.09. The normalized spacial score (nSPS) is 17.9. The maximum Gasteiger partial charge on any atom is 0.244 e. The highest BCUT2D eigenvalue weighted by Gasteiger charge is 2.25. The Morgan fingerprint density at radius 3 is 3.00 bits per heavy atom. The Morgan fingerprint density at radius 2 is 2.26 bits per heavy atom. The van der Waals surface area contributed by atoms with E-state index in [0.717, 1.165) is 37.5 Å². The molecule has 0 bridgehead atoms. The van der Waals surface area contributed by atoms with Crippen molar-refractivity contribution in [3.8, 4) is 10.7 Å². The fraction of sp³-hybridized carbons (Fsp3) is 0.562. The minimum Gasteiger partial charge on any atom is -0.341 e. The smallest absolute Gasteiger partial charge is 0.244 e. The average Bonchev–Trinajstić information content (AvgIpc) is 3.20. The van der Waals surface area contributed by atoms with Gasteiger partial charge in [0.1, 0.15) is 0 Å². The van der Waals surface area contributed by atoms with Crippen molar-refractivity contribution in [1.82, 2.24) is 19.9 Å². The zero-order valence-corrected chi connectivity index (χ0v) is 14.4. The Morgan fingerprint density at radius 1 is 1.39 bits per heavy atom. The molecule has 3 rings (SSSR count). The fourth-order valence-corrected chi connectivity index (χ4v) is 3.51. The number of carbonyl (C=O) groups excluding carboxylic acids is 1. The molecule has 6 nitrogen and oxygen atoms in total. The van der Waals surface area contributed by atoms with Crippen LogP contribution in [0.15, 0.2) is 22.0 Å². The lowest BCUT2D eigenvalue weighted by molar-refractivity contribution is -0.130. The van der Waals surface area contributed by atoms with Crippen molar-refractivity contribution in [1.29, 1.82) is 0 Å². The molecule has 1 fully saturated rings. The van der Waals surface area contributed by atoms with Gasteiger partial charge in [-0.05, 0) is 24.8 Å². The van der Waals surface area contributed by atoms with E-state index in [9.17, 15) is 4.79 Å². The molecular formula is C16H22N4O2S. The van der Waals surface area contributed by atoms with Gasteiger partial charge in [-0.25, -0.2) is 0 Å². The minimum atomic E-state index is 0.0629. The molecule has 1 unspecified atom stereocenters. The predicted octanol–water partition coefficient (Wildman–Crippen LogP) is 2.80. The van der Waals surface area contributed by atoms with E-state index in [1.54, 1.807) is 11.3 Å². The van der Waals surface area contributed by atoms with Crippen molar-refractivity contribution in [3.05, 3.63) is 23.4 Å². The summed E-state index contributed by atoms with van der Waals surface area (Å²) in [6, 6.07) is 4.03. The van der Waals surface area contributed by atoms with Crippen LogP contribution in [-0.2, 0) is 4.79 Å². The molecule has 0 aromatic carbocycles. The molecule has 2 aromatic heterocycles. The van der Waals surface area contributed by atoms with Crippen LogP contribution in [0.5, 0.6) is 0 Å². The van der Waals surface area contributed by atoms with Crippen LogP contribution in [-0.4, -0.2) is 52.0 Å². The van der Waals surface area contributed by atoms with Gasteiger partial charge in [0.25, 0.3) is 0 Å². The molecule has 1 amide bonds. The Kier molecular flexibility index (Phi) is 5.07. The first-order chi connectivity index (χ1) is 11.2. The highest BCUT2D eigenvalue weighted by atomic mass is 32.1. The largest absolute Gasteiger partial charge is 0.341 e. The van der Waals surface area contributed by atoms with Gasteiger partial charge >= 0.3 is 0 Å². The molecule has 1 aliphatic rings. The van der Waals surface area contributed by atoms with Crippen molar-refractivity contribution in [3.63, 3.8) is 0 Å². The van der Waals surface area contributed by atoms with Gasteiger partial charge in [0, 0.05) is 32.6 Å². The first-order valence-corrected chi connectivity index (χ1v) is 8.96. The maximum atomic E-state index is 11.9. The third-order valence-corrected chi connectivity index (χ3v) is 5.14. The van der Waals surface area contributed by atoms with Gasteiger partial charge in [-0.1, -0.05) is 18.1 Å². The first-order valence-electron chi connectivity index (χ1n) is 8.08. The summed E-state index contributed by atoms with van der Waals surface area (Å²) in [5.74, 6) is 1.53. The average molecular weight is 334 g/mol. The van der Waals surface area contributed by atoms with Gasteiger partial charge < -0.3 is 9.42 Å². The molecule has 1 aliphatic heterocycles. The van der Waals surface area contributed by atoms with E-state index in [2.05, 4.69) is 22.0 Å². The van der Waals surface area contributed by atoms with E-state index in [4.69, 9.17) is 4.52 Å². The Balaban J connectivity index is 1.66. The van der Waals surface area contributed by atoms with E-state index < -0.39 is 0 Å². The molecule has 0 aliphatic carbocycles. The number of nitrogens with zero attached hydrogens (tertiary/aromatic N) is 4. The highest BCUT2D eigenvalue weighted by molar-refractivity contribution is 7.13. The van der Waals surface area contributed by atoms with Crippen LogP contribution >= 0.6 is 11.3 Å². The van der Waals surface area contributed by atoms with Crippen LogP contribution in [0.25, 0.3) is 10.7 Å². The lowest BCUT2D eigenvalue weighted by atomic mass is 10.2. The number of hydrogen-bond acceptors (Lipinski definition) is 6. The topological polar surface area (TPSA) is 62.5 Å². The van der Waals surface area contributed by atoms with Crippen molar-refractivity contribution in [2.24, 2.45) is 0 Å². The second-order valence-electron chi connectivity index (χ2n) is 5.73. The van der Waals surface area contributed by atoms with Gasteiger partial charge in [-0.15, -0.1) is 11.3 Å². The quantitative estimate of drug-likeness (QED) is 0.860. The summed E-state index contributed by atoms with van der Waals surface area (Å²) >= 11 is 1.60. The molecule has 0 saturated carbocycles. The number of hydrogen-bond donors (Lipinski definition) is 0. The SMILES string of the molecule is CCC(=O)N1CCCN(C(C)c2nc(-c3cccs3)no2)CC1. The Hall–Kier alpha value is -1.73. The molecule has 1 atom stereocenters. The fourth-order valence-electron chi connectivity index (χ4n) is 2.86. The summed E-state index contributed by atoms with van der Waals surface area (Å²) in [6.07, 6.45) is 1.55. The monoisotopic (exact) mass is 334 g/mol. The van der Waals surface area contributed by atoms with Crippen molar-refractivity contribution >= 4 is 17.2 Å². The summed E-state index contributed by atoms with van der Waals surface area (Å²) in [7, 11) is 0. The number of amides is 1. The second-order valence-corrected chi connectivity index (χ2v) is 6.68. The molecule has 23 heavy (non-hydrogen) atoms. The standard InChI is InChI=1S/C16H22N4O2S/c1-3-14(21)20-8-5-7-19(9-10-20)12(2)16-17-15(18-22-16)13-6-4-11-23-13/h4,6,11-12H,3,5,7-10H2,1-2H3. The van der Waals surface area contributed by atoms with Crippen molar-refractivity contribution in [2.45, 2.75) is 32.7 Å². The zero-order valence-electron chi connectivity index (χ0n) is 13.6. The summed E-state index contributed by atoms with van der Waals surface area (Å²) < 4.78 is 5.46. The Bertz CT molecular complexity index is 640. The molecule has 0 N–H and O–H groups in total. The molecule has 3 heterocycles. The molecule has 2 aromatic rings. The van der Waals surface area contributed by atoms with E-state index in [-0.39, 0.29) is 11.9 Å². The predicted molar refractivity (Wildman–Crippen MR) is 89.1 cm³/mol. The number of rotatable bonds is 4. The molecular weight excluding hydrogens is 312 g/mol. The molecule has 124 valence electrons. The molecule has 0 radical (unpaired) electrons. The summed E-state index contributed by atoms with van der Waals surface area (Å²) in [6.45, 7) is 7.37. The number of aromatic nitrogens is 2. The minimum absolute atomic E-state index is 0.0629.